The summed E-state index contributed by atoms with van der Waals surface area (Å²) in [7, 11) is 0. The summed E-state index contributed by atoms with van der Waals surface area (Å²) in [6.45, 7) is 2.96. The molecule has 1 atom stereocenters. The Morgan fingerprint density at radius 1 is 1.37 bits per heavy atom. The summed E-state index contributed by atoms with van der Waals surface area (Å²) < 4.78 is 26.3. The molecule has 0 bridgehead atoms. The number of halogens is 2. The molecule has 0 aromatic heterocycles. The Labute approximate surface area is 109 Å². The van der Waals surface area contributed by atoms with Crippen LogP contribution in [0.5, 0.6) is 0 Å². The number of nitrogens with one attached hydrogen (secondary N) is 1. The van der Waals surface area contributed by atoms with Crippen molar-refractivity contribution in [1.29, 1.82) is 0 Å². The van der Waals surface area contributed by atoms with Crippen molar-refractivity contribution in [3.8, 4) is 0 Å². The number of aliphatic carboxylic acids is 1. The standard InChI is InChI=1S/C13H15F2NO3/c1-3-13(2,12(18)19)16-10(17)7-8-5-4-6-9(14)11(8)15/h4-6H,3,7H2,1-2H3,(H,16,17)(H,18,19). The number of carbonyl (C=O) groups excluding carboxylic acids is 1. The molecule has 0 aliphatic heterocycles. The molecule has 1 aromatic rings. The van der Waals surface area contributed by atoms with E-state index in [4.69, 9.17) is 5.11 Å². The van der Waals surface area contributed by atoms with Gasteiger partial charge in [0.05, 0.1) is 6.42 Å². The molecule has 0 radical (unpaired) electrons. The van der Waals surface area contributed by atoms with E-state index < -0.39 is 35.5 Å². The maximum Gasteiger partial charge on any atom is 0.329 e. The largest absolute Gasteiger partial charge is 0.480 e. The van der Waals surface area contributed by atoms with Crippen LogP contribution in [0.25, 0.3) is 0 Å². The summed E-state index contributed by atoms with van der Waals surface area (Å²) >= 11 is 0. The topological polar surface area (TPSA) is 66.4 Å². The lowest BCUT2D eigenvalue weighted by atomic mass is 9.98. The van der Waals surface area contributed by atoms with E-state index in [1.165, 1.54) is 19.1 Å². The van der Waals surface area contributed by atoms with Gasteiger partial charge in [-0.15, -0.1) is 0 Å². The summed E-state index contributed by atoms with van der Waals surface area (Å²) in [5.41, 5.74) is -1.53. The third-order valence-electron chi connectivity index (χ3n) is 2.98. The van der Waals surface area contributed by atoms with Crippen LogP contribution in [0.2, 0.25) is 0 Å². The van der Waals surface area contributed by atoms with Crippen molar-refractivity contribution in [1.82, 2.24) is 5.32 Å². The SMILES string of the molecule is CCC(C)(NC(=O)Cc1cccc(F)c1F)C(=O)O. The lowest BCUT2D eigenvalue weighted by Crippen LogP contribution is -2.52. The van der Waals surface area contributed by atoms with E-state index in [2.05, 4.69) is 5.32 Å². The lowest BCUT2D eigenvalue weighted by Gasteiger charge is -2.24. The minimum Gasteiger partial charge on any atom is -0.480 e. The summed E-state index contributed by atoms with van der Waals surface area (Å²) in [5.74, 6) is -3.98. The van der Waals surface area contributed by atoms with Crippen molar-refractivity contribution < 1.29 is 23.5 Å². The normalized spacial score (nSPS) is 13.7. The van der Waals surface area contributed by atoms with Gasteiger partial charge in [-0.2, -0.15) is 0 Å². The Kier molecular flexibility index (Phi) is 4.58. The van der Waals surface area contributed by atoms with E-state index in [-0.39, 0.29) is 12.0 Å². The minimum absolute atomic E-state index is 0.110. The summed E-state index contributed by atoms with van der Waals surface area (Å²) in [6.07, 6.45) is -0.230. The molecule has 19 heavy (non-hydrogen) atoms. The van der Waals surface area contributed by atoms with Crippen LogP contribution in [0.4, 0.5) is 8.78 Å². The second-order valence-electron chi connectivity index (χ2n) is 4.43. The van der Waals surface area contributed by atoms with Crippen LogP contribution in [0.3, 0.4) is 0 Å². The van der Waals surface area contributed by atoms with Gasteiger partial charge in [-0.3, -0.25) is 4.79 Å². The number of hydrogen-bond acceptors (Lipinski definition) is 2. The van der Waals surface area contributed by atoms with Gasteiger partial charge >= 0.3 is 5.97 Å². The molecule has 0 heterocycles. The summed E-state index contributed by atoms with van der Waals surface area (Å²) in [6, 6.07) is 3.52. The molecule has 1 amide bonds. The number of carboxylic acid groups (broad SMARTS) is 1. The first kappa shape index (κ1) is 15.1. The maximum absolute atomic E-state index is 13.4. The van der Waals surface area contributed by atoms with Crippen LogP contribution in [-0.2, 0) is 16.0 Å². The summed E-state index contributed by atoms with van der Waals surface area (Å²) in [4.78, 5) is 22.7. The van der Waals surface area contributed by atoms with Crippen molar-refractivity contribution in [2.24, 2.45) is 0 Å². The van der Waals surface area contributed by atoms with Crippen molar-refractivity contribution >= 4 is 11.9 Å². The molecule has 1 aromatic carbocycles. The van der Waals surface area contributed by atoms with Crippen LogP contribution in [0, 0.1) is 11.6 Å². The first-order valence-electron chi connectivity index (χ1n) is 5.77. The average molecular weight is 271 g/mol. The van der Waals surface area contributed by atoms with Gasteiger partial charge in [-0.25, -0.2) is 13.6 Å². The molecule has 0 saturated heterocycles. The molecular formula is C13H15F2NO3. The second-order valence-corrected chi connectivity index (χ2v) is 4.43. The fraction of sp³-hybridized carbons (Fsp3) is 0.385. The average Bonchev–Trinajstić information content (AvgIpc) is 2.34. The number of hydrogen-bond donors (Lipinski definition) is 2. The van der Waals surface area contributed by atoms with E-state index in [0.717, 1.165) is 6.07 Å². The first-order valence-corrected chi connectivity index (χ1v) is 5.77. The van der Waals surface area contributed by atoms with Gasteiger partial charge < -0.3 is 10.4 Å². The maximum atomic E-state index is 13.4. The van der Waals surface area contributed by atoms with Gasteiger partial charge in [0.15, 0.2) is 11.6 Å². The molecule has 0 aliphatic rings. The Bertz CT molecular complexity index is 505. The number of carboxylic acids is 1. The van der Waals surface area contributed by atoms with Crippen molar-refractivity contribution in [2.45, 2.75) is 32.2 Å². The first-order chi connectivity index (χ1) is 8.80. The van der Waals surface area contributed by atoms with Gasteiger partial charge in [0.2, 0.25) is 5.91 Å². The highest BCUT2D eigenvalue weighted by atomic mass is 19.2. The predicted molar refractivity (Wildman–Crippen MR) is 64.5 cm³/mol. The minimum atomic E-state index is -1.42. The summed E-state index contributed by atoms with van der Waals surface area (Å²) in [5, 5.41) is 11.3. The van der Waals surface area contributed by atoms with Gasteiger partial charge in [-0.05, 0) is 19.4 Å². The molecule has 4 nitrogen and oxygen atoms in total. The highest BCUT2D eigenvalue weighted by Crippen LogP contribution is 2.14. The van der Waals surface area contributed by atoms with Crippen molar-refractivity contribution in [2.75, 3.05) is 0 Å². The molecule has 1 unspecified atom stereocenters. The molecule has 0 fully saturated rings. The Balaban J connectivity index is 2.81. The number of benzene rings is 1. The third kappa shape index (κ3) is 3.49. The van der Waals surface area contributed by atoms with Crippen molar-refractivity contribution in [3.63, 3.8) is 0 Å². The zero-order valence-electron chi connectivity index (χ0n) is 10.7. The number of rotatable bonds is 5. The molecule has 104 valence electrons. The van der Waals surface area contributed by atoms with Gasteiger partial charge in [-0.1, -0.05) is 19.1 Å². The third-order valence-corrected chi connectivity index (χ3v) is 2.98. The van der Waals surface area contributed by atoms with E-state index >= 15 is 0 Å². The number of amides is 1. The van der Waals surface area contributed by atoms with Crippen LogP contribution in [0.15, 0.2) is 18.2 Å². The van der Waals surface area contributed by atoms with Crippen LogP contribution in [0.1, 0.15) is 25.8 Å². The van der Waals surface area contributed by atoms with E-state index in [1.54, 1.807) is 6.92 Å². The highest BCUT2D eigenvalue weighted by Gasteiger charge is 2.32. The Morgan fingerprint density at radius 3 is 2.53 bits per heavy atom. The van der Waals surface area contributed by atoms with Crippen molar-refractivity contribution in [3.05, 3.63) is 35.4 Å². The monoisotopic (exact) mass is 271 g/mol. The van der Waals surface area contributed by atoms with E-state index in [0.29, 0.717) is 0 Å². The Morgan fingerprint density at radius 2 is 2.00 bits per heavy atom. The van der Waals surface area contributed by atoms with Gasteiger partial charge in [0, 0.05) is 5.56 Å². The fourth-order valence-corrected chi connectivity index (χ4v) is 1.50. The molecule has 0 saturated carbocycles. The van der Waals surface area contributed by atoms with Crippen LogP contribution >= 0.6 is 0 Å². The van der Waals surface area contributed by atoms with Gasteiger partial charge in [0.1, 0.15) is 5.54 Å². The molecule has 0 spiro atoms. The molecule has 0 aliphatic carbocycles. The molecule has 2 N–H and O–H groups in total. The molecule has 1 rings (SSSR count). The second kappa shape index (κ2) is 5.77. The van der Waals surface area contributed by atoms with E-state index in [9.17, 15) is 18.4 Å². The van der Waals surface area contributed by atoms with Crippen LogP contribution < -0.4 is 5.32 Å². The predicted octanol–water partition coefficient (Wildman–Crippen LogP) is 1.88. The smallest absolute Gasteiger partial charge is 0.329 e. The Hall–Kier alpha value is -1.98. The quantitative estimate of drug-likeness (QED) is 0.859. The highest BCUT2D eigenvalue weighted by molar-refractivity contribution is 5.87. The fourth-order valence-electron chi connectivity index (χ4n) is 1.50. The zero-order valence-corrected chi connectivity index (χ0v) is 10.7. The molecule has 6 heteroatoms. The zero-order chi connectivity index (χ0) is 14.6. The van der Waals surface area contributed by atoms with Crippen LogP contribution in [-0.4, -0.2) is 22.5 Å². The van der Waals surface area contributed by atoms with Gasteiger partial charge in [0.25, 0.3) is 0 Å². The van der Waals surface area contributed by atoms with E-state index in [1.807, 2.05) is 0 Å². The molecular weight excluding hydrogens is 256 g/mol. The number of carbonyl (C=O) groups is 2. The lowest BCUT2D eigenvalue weighted by molar-refractivity contribution is -0.146.